The van der Waals surface area contributed by atoms with Gasteiger partial charge in [-0.05, 0) is 41.1 Å². The van der Waals surface area contributed by atoms with Crippen LogP contribution in [0.15, 0.2) is 90.1 Å². The fraction of sp³-hybridized carbons (Fsp3) is 0.0400. The number of hydrogen-bond donors (Lipinski definition) is 1. The lowest BCUT2D eigenvalue weighted by molar-refractivity contribution is 0.373. The van der Waals surface area contributed by atoms with E-state index in [4.69, 9.17) is 14.7 Å². The van der Waals surface area contributed by atoms with E-state index in [1.165, 1.54) is 12.5 Å². The molecule has 0 radical (unpaired) electrons. The van der Waals surface area contributed by atoms with Gasteiger partial charge in [0.15, 0.2) is 17.3 Å². The number of aromatic hydroxyl groups is 1. The van der Waals surface area contributed by atoms with E-state index in [2.05, 4.69) is 24.3 Å². The van der Waals surface area contributed by atoms with Gasteiger partial charge in [0.05, 0.1) is 7.11 Å². The molecule has 1 N–H and O–H groups in total. The van der Waals surface area contributed by atoms with Crippen LogP contribution in [0.5, 0.6) is 11.5 Å². The molecule has 2 aromatic heterocycles. The SMILES string of the molecule is COc1cc(-c2nc3ccccn3c2N=Cc2cccc3ccccc23)ccc1O. The number of benzene rings is 3. The maximum Gasteiger partial charge on any atom is 0.165 e. The van der Waals surface area contributed by atoms with Gasteiger partial charge >= 0.3 is 0 Å². The fourth-order valence-electron chi connectivity index (χ4n) is 3.62. The molecule has 0 aliphatic rings. The second-order valence-electron chi connectivity index (χ2n) is 6.93. The zero-order valence-corrected chi connectivity index (χ0v) is 16.4. The average molecular weight is 393 g/mol. The van der Waals surface area contributed by atoms with Gasteiger partial charge in [-0.1, -0.05) is 48.5 Å². The van der Waals surface area contributed by atoms with Crippen molar-refractivity contribution in [1.82, 2.24) is 9.38 Å². The van der Waals surface area contributed by atoms with Crippen LogP contribution in [0.3, 0.4) is 0 Å². The molecule has 0 unspecified atom stereocenters. The maximum atomic E-state index is 9.96. The smallest absolute Gasteiger partial charge is 0.165 e. The highest BCUT2D eigenvalue weighted by Crippen LogP contribution is 2.36. The number of aromatic nitrogens is 2. The molecule has 0 amide bonds. The highest BCUT2D eigenvalue weighted by Gasteiger charge is 2.15. The Kier molecular flexibility index (Phi) is 4.41. The van der Waals surface area contributed by atoms with Gasteiger partial charge in [-0.2, -0.15) is 0 Å². The van der Waals surface area contributed by atoms with Crippen molar-refractivity contribution in [2.45, 2.75) is 0 Å². The molecule has 0 aliphatic carbocycles. The number of methoxy groups -OCH3 is 1. The first-order valence-corrected chi connectivity index (χ1v) is 9.61. The summed E-state index contributed by atoms with van der Waals surface area (Å²) in [6.45, 7) is 0. The van der Waals surface area contributed by atoms with E-state index in [-0.39, 0.29) is 5.75 Å². The first-order chi connectivity index (χ1) is 14.7. The Labute approximate surface area is 173 Å². The Bertz CT molecular complexity index is 1400. The molecule has 3 aromatic carbocycles. The maximum absolute atomic E-state index is 9.96. The lowest BCUT2D eigenvalue weighted by Crippen LogP contribution is -1.88. The Morgan fingerprint density at radius 2 is 1.80 bits per heavy atom. The molecule has 5 nitrogen and oxygen atoms in total. The summed E-state index contributed by atoms with van der Waals surface area (Å²) >= 11 is 0. The minimum absolute atomic E-state index is 0.0887. The first kappa shape index (κ1) is 17.9. The molecule has 0 atom stereocenters. The van der Waals surface area contributed by atoms with E-state index in [1.807, 2.05) is 59.3 Å². The topological polar surface area (TPSA) is 59.1 Å². The highest BCUT2D eigenvalue weighted by molar-refractivity contribution is 6.00. The minimum atomic E-state index is 0.0887. The summed E-state index contributed by atoms with van der Waals surface area (Å²) in [5.74, 6) is 1.20. The second kappa shape index (κ2) is 7.37. The van der Waals surface area contributed by atoms with E-state index in [9.17, 15) is 5.11 Å². The molecule has 30 heavy (non-hydrogen) atoms. The molecule has 146 valence electrons. The quantitative estimate of drug-likeness (QED) is 0.403. The molecule has 0 fully saturated rings. The molecular weight excluding hydrogens is 374 g/mol. The summed E-state index contributed by atoms with van der Waals surface area (Å²) in [5, 5.41) is 12.3. The summed E-state index contributed by atoms with van der Waals surface area (Å²) < 4.78 is 7.23. The monoisotopic (exact) mass is 393 g/mol. The van der Waals surface area contributed by atoms with Gasteiger partial charge in [-0.25, -0.2) is 9.98 Å². The Balaban J connectivity index is 1.69. The van der Waals surface area contributed by atoms with Crippen LogP contribution < -0.4 is 4.74 Å². The number of fused-ring (bicyclic) bond motifs is 2. The molecule has 0 aliphatic heterocycles. The van der Waals surface area contributed by atoms with Gasteiger partial charge in [-0.3, -0.25) is 4.40 Å². The van der Waals surface area contributed by atoms with Crippen LogP contribution in [0, 0.1) is 0 Å². The molecule has 0 saturated carbocycles. The van der Waals surface area contributed by atoms with Crippen LogP contribution in [0.25, 0.3) is 27.7 Å². The number of pyridine rings is 1. The summed E-state index contributed by atoms with van der Waals surface area (Å²) in [6.07, 6.45) is 3.82. The average Bonchev–Trinajstić information content (AvgIpc) is 3.16. The largest absolute Gasteiger partial charge is 0.504 e. The van der Waals surface area contributed by atoms with Gasteiger partial charge in [0.1, 0.15) is 11.3 Å². The lowest BCUT2D eigenvalue weighted by Gasteiger charge is -2.06. The predicted octanol–water partition coefficient (Wildman–Crippen LogP) is 5.62. The normalized spacial score (nSPS) is 11.5. The third-order valence-corrected chi connectivity index (χ3v) is 5.11. The van der Waals surface area contributed by atoms with Crippen LogP contribution in [0.4, 0.5) is 5.82 Å². The fourth-order valence-corrected chi connectivity index (χ4v) is 3.62. The summed E-state index contributed by atoms with van der Waals surface area (Å²) in [7, 11) is 1.53. The molecule has 2 heterocycles. The van der Waals surface area contributed by atoms with Crippen LogP contribution >= 0.6 is 0 Å². The standard InChI is InChI=1S/C25H19N3O2/c1-30-22-15-18(12-13-21(22)29)24-25(28-14-5-4-11-23(28)27-24)26-16-19-9-6-8-17-7-2-3-10-20(17)19/h2-16,29H,1H3. The van der Waals surface area contributed by atoms with E-state index in [0.717, 1.165) is 27.9 Å². The van der Waals surface area contributed by atoms with Crippen LogP contribution in [-0.2, 0) is 0 Å². The van der Waals surface area contributed by atoms with Gasteiger partial charge in [0.2, 0.25) is 0 Å². The summed E-state index contributed by atoms with van der Waals surface area (Å²) in [4.78, 5) is 9.62. The van der Waals surface area contributed by atoms with Gasteiger partial charge in [0, 0.05) is 23.5 Å². The first-order valence-electron chi connectivity index (χ1n) is 9.61. The Morgan fingerprint density at radius 3 is 2.70 bits per heavy atom. The summed E-state index contributed by atoms with van der Waals surface area (Å²) in [6, 6.07) is 25.5. The number of nitrogens with zero attached hydrogens (tertiary/aromatic N) is 3. The molecule has 5 rings (SSSR count). The van der Waals surface area contributed by atoms with E-state index >= 15 is 0 Å². The molecule has 0 saturated heterocycles. The molecular formula is C25H19N3O2. The summed E-state index contributed by atoms with van der Waals surface area (Å²) in [5.41, 5.74) is 3.37. The van der Waals surface area contributed by atoms with Crippen LogP contribution in [0.1, 0.15) is 5.56 Å². The van der Waals surface area contributed by atoms with Crippen molar-refractivity contribution in [2.75, 3.05) is 7.11 Å². The van der Waals surface area contributed by atoms with Crippen molar-refractivity contribution >= 4 is 28.5 Å². The van der Waals surface area contributed by atoms with E-state index in [0.29, 0.717) is 11.6 Å². The van der Waals surface area contributed by atoms with Crippen LogP contribution in [0.2, 0.25) is 0 Å². The molecule has 5 heteroatoms. The number of imidazole rings is 1. The third-order valence-electron chi connectivity index (χ3n) is 5.11. The number of aliphatic imine (C=N–C) groups is 1. The Hall–Kier alpha value is -4.12. The van der Waals surface area contributed by atoms with E-state index < -0.39 is 0 Å². The van der Waals surface area contributed by atoms with Gasteiger partial charge < -0.3 is 9.84 Å². The third kappa shape index (κ3) is 3.06. The number of phenolic OH excluding ortho intramolecular Hbond substituents is 1. The molecule has 0 spiro atoms. The second-order valence-corrected chi connectivity index (χ2v) is 6.93. The van der Waals surface area contributed by atoms with Crippen molar-refractivity contribution in [3.8, 4) is 22.8 Å². The van der Waals surface area contributed by atoms with Crippen LogP contribution in [-0.4, -0.2) is 27.8 Å². The molecule has 5 aromatic rings. The minimum Gasteiger partial charge on any atom is -0.504 e. The van der Waals surface area contributed by atoms with Gasteiger partial charge in [-0.15, -0.1) is 0 Å². The highest BCUT2D eigenvalue weighted by atomic mass is 16.5. The van der Waals surface area contributed by atoms with Crippen molar-refractivity contribution in [3.63, 3.8) is 0 Å². The number of hydrogen-bond acceptors (Lipinski definition) is 4. The predicted molar refractivity (Wildman–Crippen MR) is 120 cm³/mol. The van der Waals surface area contributed by atoms with Crippen molar-refractivity contribution in [1.29, 1.82) is 0 Å². The van der Waals surface area contributed by atoms with Crippen molar-refractivity contribution in [3.05, 3.63) is 90.6 Å². The van der Waals surface area contributed by atoms with Gasteiger partial charge in [0.25, 0.3) is 0 Å². The lowest BCUT2D eigenvalue weighted by atomic mass is 10.1. The number of phenols is 1. The zero-order chi connectivity index (χ0) is 20.5. The zero-order valence-electron chi connectivity index (χ0n) is 16.4. The number of rotatable bonds is 4. The Morgan fingerprint density at radius 1 is 0.967 bits per heavy atom. The number of ether oxygens (including phenoxy) is 1. The van der Waals surface area contributed by atoms with E-state index in [1.54, 1.807) is 12.1 Å². The van der Waals surface area contributed by atoms with Crippen molar-refractivity contribution < 1.29 is 9.84 Å². The van der Waals surface area contributed by atoms with Crippen molar-refractivity contribution in [2.24, 2.45) is 4.99 Å². The molecule has 0 bridgehead atoms.